The fraction of sp³-hybridized carbons (Fsp3) is 0.426. The highest BCUT2D eigenvalue weighted by molar-refractivity contribution is 7.92. The Bertz CT molecular complexity index is 3770. The van der Waals surface area contributed by atoms with Crippen molar-refractivity contribution >= 4 is 74.1 Å². The molecular formula is C47H44ClF10N8O14PS2. The number of nitrogens with one attached hydrogen (secondary N) is 3. The number of pyridine rings is 1. The highest BCUT2D eigenvalue weighted by atomic mass is 35.5. The van der Waals surface area contributed by atoms with Gasteiger partial charge in [0.2, 0.25) is 28.6 Å². The van der Waals surface area contributed by atoms with Crippen molar-refractivity contribution in [2.75, 3.05) is 13.0 Å². The Kier molecular flexibility index (Phi) is 17.9. The van der Waals surface area contributed by atoms with Crippen molar-refractivity contribution in [1.82, 2.24) is 39.9 Å². The summed E-state index contributed by atoms with van der Waals surface area (Å²) in [6, 6.07) is 2.98. The number of fused-ring (bicyclic) bond motifs is 4. The molecule has 0 spiro atoms. The summed E-state index contributed by atoms with van der Waals surface area (Å²) in [5.74, 6) is -9.72. The summed E-state index contributed by atoms with van der Waals surface area (Å²) in [6.07, 6.45) is -14.6. The molecule has 1 fully saturated rings. The molecule has 0 bridgehead atoms. The third-order valence-corrected chi connectivity index (χ3v) is 16.8. The molecule has 2 aromatic carbocycles. The second-order valence-electron chi connectivity index (χ2n) is 19.6. The van der Waals surface area contributed by atoms with Crippen LogP contribution in [0.2, 0.25) is 5.02 Å². The van der Waals surface area contributed by atoms with Gasteiger partial charge in [-0.05, 0) is 80.8 Å². The number of hydrogen-bond donors (Lipinski definition) is 6. The monoisotopic (exact) mass is 1260 g/mol. The number of ether oxygens (including phenoxy) is 1. The Morgan fingerprint density at radius 3 is 2.19 bits per heavy atom. The van der Waals surface area contributed by atoms with E-state index >= 15 is 8.78 Å². The topological polar surface area (TPSA) is 317 Å². The first-order valence-electron chi connectivity index (χ1n) is 23.8. The fourth-order valence-corrected chi connectivity index (χ4v) is 10.8. The van der Waals surface area contributed by atoms with Gasteiger partial charge in [-0.15, -0.1) is 0 Å². The first-order valence-corrected chi connectivity index (χ1v) is 29.3. The number of nitrogens with zero attached hydrogens (tertiary/aromatic N) is 5. The first-order chi connectivity index (χ1) is 38.1. The molecular weight excluding hydrogens is 1220 g/mol. The third kappa shape index (κ3) is 15.5. The molecule has 3 aromatic heterocycles. The van der Waals surface area contributed by atoms with Crippen LogP contribution in [0.4, 0.5) is 48.7 Å². The molecule has 3 amide bonds. The zero-order valence-electron chi connectivity index (χ0n) is 42.7. The standard InChI is InChI=1S/C47H44ClF10N8O14PS2/c1-44(2,82(3,75)76)11-10-25-4-6-27(39(59-25)32(14-22-12-23(49)15-24(50)13-22)61-35(68)18-65-42-37(41(63-65)47(56,57)58)29-17-30(29)46(42,54)55)28-7-8-31(48)38-33(62-66(40(28)38)20-45(51,52)53)19-83(77,78)64-34(67)9-5-26(16-36(69)70)60-43(71)79-21-80-81(72,73)74/h4,6-8,12-13,15,26,29-30,32H,5,9,14,16-21H2,1-3H3,(H,60,71)(H,61,68)(H,64,67)(H,69,70)(H2,72,73,74)/t26-,29+,30-,32+/m1/s1. The third-order valence-electron chi connectivity index (χ3n) is 12.9. The number of sulfone groups is 1. The summed E-state index contributed by atoms with van der Waals surface area (Å²) >= 11 is 6.60. The Balaban J connectivity index is 1.32. The summed E-state index contributed by atoms with van der Waals surface area (Å²) < 4.78 is 219. The van der Waals surface area contributed by atoms with Gasteiger partial charge in [-0.3, -0.25) is 28.5 Å². The van der Waals surface area contributed by atoms with E-state index in [4.69, 9.17) is 21.4 Å². The van der Waals surface area contributed by atoms with E-state index in [1.54, 1.807) is 4.72 Å². The normalized spacial score (nSPS) is 16.7. The van der Waals surface area contributed by atoms with E-state index in [9.17, 15) is 80.8 Å². The van der Waals surface area contributed by atoms with Crippen LogP contribution in [0.3, 0.4) is 0 Å². The van der Waals surface area contributed by atoms with E-state index in [-0.39, 0.29) is 38.2 Å². The number of hydrogen-bond acceptors (Lipinski definition) is 14. The van der Waals surface area contributed by atoms with Crippen LogP contribution in [-0.4, -0.2) is 110 Å². The highest BCUT2D eigenvalue weighted by Gasteiger charge is 2.68. The van der Waals surface area contributed by atoms with Crippen molar-refractivity contribution < 1.29 is 109 Å². The lowest BCUT2D eigenvalue weighted by atomic mass is 9.93. The number of aliphatic carboxylic acids is 1. The van der Waals surface area contributed by atoms with E-state index in [0.29, 0.717) is 6.07 Å². The number of phosphoric ester groups is 1. The van der Waals surface area contributed by atoms with Gasteiger partial charge in [0.05, 0.1) is 34.4 Å². The Morgan fingerprint density at radius 2 is 1.59 bits per heavy atom. The van der Waals surface area contributed by atoms with Crippen molar-refractivity contribution in [1.29, 1.82) is 0 Å². The number of aromatic nitrogens is 5. The molecule has 22 nitrogen and oxygen atoms in total. The minimum Gasteiger partial charge on any atom is -0.481 e. The molecule has 6 N–H and O–H groups in total. The lowest BCUT2D eigenvalue weighted by molar-refractivity contribution is -0.143. The number of rotatable bonds is 21. The summed E-state index contributed by atoms with van der Waals surface area (Å²) in [5.41, 5.74) is -6.96. The minimum absolute atomic E-state index is 0.157. The number of amides is 3. The molecule has 450 valence electrons. The van der Waals surface area contributed by atoms with Crippen LogP contribution >= 0.6 is 19.4 Å². The highest BCUT2D eigenvalue weighted by Crippen LogP contribution is 2.68. The molecule has 7 rings (SSSR count). The summed E-state index contributed by atoms with van der Waals surface area (Å²) in [5, 5.41) is 19.9. The van der Waals surface area contributed by atoms with Crippen molar-refractivity contribution in [2.24, 2.45) is 5.92 Å². The molecule has 0 saturated heterocycles. The second-order valence-corrected chi connectivity index (χ2v) is 25.5. The van der Waals surface area contributed by atoms with Crippen LogP contribution in [-0.2, 0) is 85.4 Å². The Hall–Kier alpha value is -6.89. The number of phosphoric acid groups is 1. The van der Waals surface area contributed by atoms with Crippen LogP contribution < -0.4 is 15.4 Å². The van der Waals surface area contributed by atoms with Gasteiger partial charge in [0.1, 0.15) is 46.6 Å². The number of carbonyl (C=O) groups is 4. The van der Waals surface area contributed by atoms with Gasteiger partial charge in [-0.1, -0.05) is 23.6 Å². The lowest BCUT2D eigenvalue weighted by Crippen LogP contribution is -2.39. The van der Waals surface area contributed by atoms with Crippen molar-refractivity contribution in [3.8, 4) is 23.0 Å². The van der Waals surface area contributed by atoms with E-state index in [2.05, 4.69) is 41.6 Å². The van der Waals surface area contributed by atoms with Crippen LogP contribution in [0.5, 0.6) is 0 Å². The molecule has 0 unspecified atom stereocenters. The smallest absolute Gasteiger partial charge is 0.472 e. The number of alkyl carbamates (subject to hydrolysis) is 1. The molecule has 2 aliphatic rings. The zero-order chi connectivity index (χ0) is 61.7. The lowest BCUT2D eigenvalue weighted by Gasteiger charge is -2.23. The quantitative estimate of drug-likeness (QED) is 0.0194. The average molecular weight is 1270 g/mol. The van der Waals surface area contributed by atoms with Crippen molar-refractivity contribution in [3.05, 3.63) is 98.7 Å². The average Bonchev–Trinajstić information content (AvgIpc) is 1.54. The maximum absolute atomic E-state index is 15.6. The summed E-state index contributed by atoms with van der Waals surface area (Å²) in [7, 11) is -14.1. The van der Waals surface area contributed by atoms with Crippen molar-refractivity contribution in [3.63, 3.8) is 0 Å². The predicted octanol–water partition coefficient (Wildman–Crippen LogP) is 6.65. The van der Waals surface area contributed by atoms with Gasteiger partial charge in [-0.25, -0.2) is 44.5 Å². The number of sulfonamides is 1. The van der Waals surface area contributed by atoms with E-state index < -0.39 is 206 Å². The second kappa shape index (κ2) is 23.3. The maximum Gasteiger partial charge on any atom is 0.472 e. The number of benzene rings is 2. The van der Waals surface area contributed by atoms with E-state index in [1.807, 2.05) is 5.32 Å². The molecule has 1 saturated carbocycles. The van der Waals surface area contributed by atoms with Gasteiger partial charge >= 0.3 is 32.2 Å². The number of halogens is 11. The minimum atomic E-state index is -5.26. The Morgan fingerprint density at radius 1 is 0.940 bits per heavy atom. The van der Waals surface area contributed by atoms with Crippen LogP contribution in [0, 0.1) is 29.4 Å². The van der Waals surface area contributed by atoms with Crippen LogP contribution in [0.15, 0.2) is 42.5 Å². The van der Waals surface area contributed by atoms with Crippen LogP contribution in [0.1, 0.15) is 91.1 Å². The number of carbonyl (C=O) groups excluding carboxylic acids is 3. The molecule has 5 aromatic rings. The molecule has 0 radical (unpaired) electrons. The SMILES string of the molecule is CC(C)(C#Cc1ccc(-c2ccc(Cl)c3c(CS(=O)(=O)NC(=O)CC[C@H](CC(=O)O)NC(=O)OCOP(=O)(O)O)nn(CC(F)(F)F)c23)c([C@H](Cc2cc(F)cc(F)c2)NC(=O)Cn2nc(C(F)(F)F)c3c2C(F)(F)[C@@H]2C[C@H]32)n1)S(C)(=O)=O. The molecule has 0 aliphatic heterocycles. The fourth-order valence-electron chi connectivity index (χ4n) is 8.99. The number of alkyl halides is 8. The molecule has 4 atom stereocenters. The first kappa shape index (κ1) is 63.7. The van der Waals surface area contributed by atoms with E-state index in [0.717, 1.165) is 42.7 Å². The molecule has 36 heteroatoms. The molecule has 83 heavy (non-hydrogen) atoms. The van der Waals surface area contributed by atoms with E-state index in [1.165, 1.54) is 13.8 Å². The van der Waals surface area contributed by atoms with Gasteiger partial charge in [0.15, 0.2) is 15.5 Å². The van der Waals surface area contributed by atoms with Gasteiger partial charge in [0.25, 0.3) is 5.92 Å². The van der Waals surface area contributed by atoms with Crippen molar-refractivity contribution in [2.45, 2.75) is 106 Å². The van der Waals surface area contributed by atoms with Gasteiger partial charge in [0, 0.05) is 52.8 Å². The largest absolute Gasteiger partial charge is 0.481 e. The predicted molar refractivity (Wildman–Crippen MR) is 266 cm³/mol. The van der Waals surface area contributed by atoms with Crippen LogP contribution in [0.25, 0.3) is 22.0 Å². The summed E-state index contributed by atoms with van der Waals surface area (Å²) in [6.45, 7) is -2.25. The molecule has 2 aliphatic carbocycles. The van der Waals surface area contributed by atoms with Gasteiger partial charge in [-0.2, -0.15) is 45.3 Å². The number of carboxylic acid groups (broad SMARTS) is 1. The summed E-state index contributed by atoms with van der Waals surface area (Å²) in [4.78, 5) is 72.8. The molecule has 3 heterocycles. The maximum atomic E-state index is 15.6. The Labute approximate surface area is 467 Å². The zero-order valence-corrected chi connectivity index (χ0v) is 46.0. The number of carboxylic acids is 1. The van der Waals surface area contributed by atoms with Gasteiger partial charge < -0.3 is 30.3 Å².